The van der Waals surface area contributed by atoms with E-state index in [1.54, 1.807) is 0 Å². The van der Waals surface area contributed by atoms with Crippen LogP contribution in [-0.4, -0.2) is 35.3 Å². The van der Waals surface area contributed by atoms with Gasteiger partial charge in [0.15, 0.2) is 0 Å². The van der Waals surface area contributed by atoms with Crippen molar-refractivity contribution in [2.24, 2.45) is 0 Å². The molecule has 1 aromatic heterocycles. The van der Waals surface area contributed by atoms with Crippen molar-refractivity contribution in [1.82, 2.24) is 10.3 Å². The number of nitriles is 2. The lowest BCUT2D eigenvalue weighted by Gasteiger charge is -2.41. The third-order valence-electron chi connectivity index (χ3n) is 5.38. The summed E-state index contributed by atoms with van der Waals surface area (Å²) in [6.45, 7) is 8.79. The van der Waals surface area contributed by atoms with Crippen LogP contribution in [0, 0.1) is 22.7 Å². The maximum Gasteiger partial charge on any atom is 0.408 e. The minimum Gasteiger partial charge on any atom is -0.444 e. The topological polar surface area (TPSA) is 102 Å². The predicted octanol–water partition coefficient (Wildman–Crippen LogP) is 3.87. The molecule has 1 aromatic rings. The Hall–Kier alpha value is -2.45. The number of alkyl carbamates (subject to hydrolysis) is 1. The standard InChI is InChI=1S/C21H27N5O2S/c1-20(2,3)28-19(27)25-21(4)7-9-26(10-8-21)17-14(11-22)16(13-5-6-13)15(12-23)18(29)24-17/h13H,5-10H2,1-4H3,(H,24,29)(H,25,27). The molecule has 154 valence electrons. The summed E-state index contributed by atoms with van der Waals surface area (Å²) in [5.41, 5.74) is 0.777. The lowest BCUT2D eigenvalue weighted by atomic mass is 9.89. The van der Waals surface area contributed by atoms with Gasteiger partial charge in [-0.1, -0.05) is 0 Å². The van der Waals surface area contributed by atoms with E-state index in [4.69, 9.17) is 4.74 Å². The molecule has 0 bridgehead atoms. The van der Waals surface area contributed by atoms with Gasteiger partial charge >= 0.3 is 6.09 Å². The number of rotatable bonds is 3. The Morgan fingerprint density at radius 2 is 1.83 bits per heavy atom. The summed E-state index contributed by atoms with van der Waals surface area (Å²) in [4.78, 5) is 18.7. The Morgan fingerprint density at radius 3 is 2.31 bits per heavy atom. The molecule has 7 nitrogen and oxygen atoms in total. The molecule has 8 heteroatoms. The number of hydrogen-bond donors (Lipinski definition) is 2. The molecule has 1 N–H and O–H groups in total. The lowest BCUT2D eigenvalue weighted by Crippen LogP contribution is -2.54. The molecule has 0 spiro atoms. The molecule has 0 radical (unpaired) electrons. The molecule has 1 aliphatic heterocycles. The molecule has 1 saturated heterocycles. The second-order valence-electron chi connectivity index (χ2n) is 9.10. The van der Waals surface area contributed by atoms with Crippen molar-refractivity contribution in [2.45, 2.75) is 75.5 Å². The van der Waals surface area contributed by atoms with E-state index in [-0.39, 0.29) is 11.5 Å². The molecule has 3 rings (SSSR count). The van der Waals surface area contributed by atoms with Crippen molar-refractivity contribution in [3.8, 4) is 12.1 Å². The van der Waals surface area contributed by atoms with Gasteiger partial charge in [0.2, 0.25) is 0 Å². The van der Waals surface area contributed by atoms with Gasteiger partial charge in [0.1, 0.15) is 28.6 Å². The Bertz CT molecular complexity index is 898. The predicted molar refractivity (Wildman–Crippen MR) is 112 cm³/mol. The molecule has 1 saturated carbocycles. The van der Waals surface area contributed by atoms with Crippen LogP contribution in [0.15, 0.2) is 5.03 Å². The fourth-order valence-electron chi connectivity index (χ4n) is 3.69. The van der Waals surface area contributed by atoms with Crippen molar-refractivity contribution in [3.63, 3.8) is 0 Å². The van der Waals surface area contributed by atoms with Gasteiger partial charge in [-0.15, -0.1) is 12.6 Å². The monoisotopic (exact) mass is 413 g/mol. The zero-order valence-electron chi connectivity index (χ0n) is 17.4. The van der Waals surface area contributed by atoms with Crippen LogP contribution in [0.25, 0.3) is 0 Å². The van der Waals surface area contributed by atoms with Crippen LogP contribution < -0.4 is 10.2 Å². The van der Waals surface area contributed by atoms with E-state index >= 15 is 0 Å². The Balaban J connectivity index is 1.79. The van der Waals surface area contributed by atoms with E-state index in [0.29, 0.717) is 47.9 Å². The second-order valence-corrected chi connectivity index (χ2v) is 9.52. The summed E-state index contributed by atoms with van der Waals surface area (Å²) in [5.74, 6) is 0.841. The molecule has 2 heterocycles. The third kappa shape index (κ3) is 4.76. The smallest absolute Gasteiger partial charge is 0.408 e. The number of amides is 1. The molecule has 0 aromatic carbocycles. The van der Waals surface area contributed by atoms with E-state index < -0.39 is 11.7 Å². The normalized spacial score (nSPS) is 18.5. The number of piperidine rings is 1. The van der Waals surface area contributed by atoms with E-state index in [2.05, 4.69) is 40.0 Å². The average molecular weight is 414 g/mol. The maximum atomic E-state index is 12.2. The van der Waals surface area contributed by atoms with Crippen molar-refractivity contribution >= 4 is 24.5 Å². The van der Waals surface area contributed by atoms with Crippen LogP contribution in [0.2, 0.25) is 0 Å². The first kappa shape index (κ1) is 21.3. The average Bonchev–Trinajstić information content (AvgIpc) is 3.44. The molecular weight excluding hydrogens is 386 g/mol. The van der Waals surface area contributed by atoms with E-state index in [0.717, 1.165) is 18.4 Å². The first-order valence-corrected chi connectivity index (χ1v) is 10.3. The van der Waals surface area contributed by atoms with Gasteiger partial charge in [0.25, 0.3) is 0 Å². The number of pyridine rings is 1. The summed E-state index contributed by atoms with van der Waals surface area (Å²) >= 11 is 4.42. The number of carbonyl (C=O) groups excluding carboxylic acids is 1. The van der Waals surface area contributed by atoms with Gasteiger partial charge in [-0.3, -0.25) is 0 Å². The van der Waals surface area contributed by atoms with Crippen molar-refractivity contribution in [3.05, 3.63) is 16.7 Å². The van der Waals surface area contributed by atoms with Gasteiger partial charge in [-0.05, 0) is 64.9 Å². The van der Waals surface area contributed by atoms with Crippen LogP contribution in [-0.2, 0) is 4.74 Å². The van der Waals surface area contributed by atoms with Crippen LogP contribution in [0.1, 0.15) is 76.0 Å². The molecule has 29 heavy (non-hydrogen) atoms. The highest BCUT2D eigenvalue weighted by Crippen LogP contribution is 2.46. The molecule has 2 aliphatic rings. The first-order valence-electron chi connectivity index (χ1n) is 9.90. The van der Waals surface area contributed by atoms with E-state index in [1.165, 1.54) is 0 Å². The molecular formula is C21H27N5O2S. The van der Waals surface area contributed by atoms with Crippen molar-refractivity contribution in [2.75, 3.05) is 18.0 Å². The molecule has 0 atom stereocenters. The highest BCUT2D eigenvalue weighted by Gasteiger charge is 2.37. The van der Waals surface area contributed by atoms with Gasteiger partial charge in [0, 0.05) is 18.6 Å². The van der Waals surface area contributed by atoms with Gasteiger partial charge < -0.3 is 15.0 Å². The first-order chi connectivity index (χ1) is 13.6. The number of nitrogens with zero attached hydrogens (tertiary/aromatic N) is 4. The summed E-state index contributed by atoms with van der Waals surface area (Å²) in [7, 11) is 0. The summed E-state index contributed by atoms with van der Waals surface area (Å²) < 4.78 is 5.38. The van der Waals surface area contributed by atoms with Gasteiger partial charge in [-0.2, -0.15) is 10.5 Å². The highest BCUT2D eigenvalue weighted by atomic mass is 32.1. The molecule has 2 fully saturated rings. The number of nitrogens with one attached hydrogen (secondary N) is 1. The number of hydrogen-bond acceptors (Lipinski definition) is 7. The minimum atomic E-state index is -0.544. The Kier molecular flexibility index (Phi) is 5.69. The summed E-state index contributed by atoms with van der Waals surface area (Å²) in [6.07, 6.45) is 2.94. The molecule has 1 amide bonds. The number of carbonyl (C=O) groups is 1. The van der Waals surface area contributed by atoms with Crippen LogP contribution in [0.4, 0.5) is 10.6 Å². The van der Waals surface area contributed by atoms with Gasteiger partial charge in [-0.25, -0.2) is 9.78 Å². The fraction of sp³-hybridized carbons (Fsp3) is 0.619. The summed E-state index contributed by atoms with van der Waals surface area (Å²) in [6, 6.07) is 4.46. The minimum absolute atomic E-state index is 0.246. The number of aromatic nitrogens is 1. The van der Waals surface area contributed by atoms with Crippen LogP contribution in [0.5, 0.6) is 0 Å². The fourth-order valence-corrected chi connectivity index (χ4v) is 3.96. The molecule has 1 aliphatic carbocycles. The third-order valence-corrected chi connectivity index (χ3v) is 5.70. The van der Waals surface area contributed by atoms with Crippen LogP contribution >= 0.6 is 12.6 Å². The lowest BCUT2D eigenvalue weighted by molar-refractivity contribution is 0.0448. The summed E-state index contributed by atoms with van der Waals surface area (Å²) in [5, 5.41) is 22.7. The van der Waals surface area contributed by atoms with Gasteiger partial charge in [0.05, 0.1) is 11.1 Å². The zero-order chi connectivity index (χ0) is 21.4. The Labute approximate surface area is 177 Å². The number of anilines is 1. The zero-order valence-corrected chi connectivity index (χ0v) is 18.3. The second kappa shape index (κ2) is 7.76. The van der Waals surface area contributed by atoms with E-state index in [9.17, 15) is 15.3 Å². The largest absolute Gasteiger partial charge is 0.444 e. The SMILES string of the molecule is CC1(NC(=O)OC(C)(C)C)CCN(c2nc(S)c(C#N)c(C3CC3)c2C#N)CC1. The number of thiol groups is 1. The van der Waals surface area contributed by atoms with Crippen LogP contribution in [0.3, 0.4) is 0 Å². The highest BCUT2D eigenvalue weighted by molar-refractivity contribution is 7.80. The quantitative estimate of drug-likeness (QED) is 0.729. The maximum absolute atomic E-state index is 12.2. The number of ether oxygens (including phenoxy) is 1. The van der Waals surface area contributed by atoms with Crippen molar-refractivity contribution < 1.29 is 9.53 Å². The molecule has 0 unspecified atom stereocenters. The van der Waals surface area contributed by atoms with Crippen molar-refractivity contribution in [1.29, 1.82) is 10.5 Å². The Morgan fingerprint density at radius 1 is 1.24 bits per heavy atom. The van der Waals surface area contributed by atoms with E-state index in [1.807, 2.05) is 27.7 Å².